The lowest BCUT2D eigenvalue weighted by Crippen LogP contribution is -2.32. The van der Waals surface area contributed by atoms with Crippen molar-refractivity contribution in [2.75, 3.05) is 13.7 Å². The summed E-state index contributed by atoms with van der Waals surface area (Å²) in [5.74, 6) is -0.812. The molecule has 8 heteroatoms. The predicted molar refractivity (Wildman–Crippen MR) is 90.2 cm³/mol. The largest absolute Gasteiger partial charge is 0.468 e. The zero-order valence-corrected chi connectivity index (χ0v) is 14.3. The summed E-state index contributed by atoms with van der Waals surface area (Å²) in [5.41, 5.74) is 1.06. The maximum Gasteiger partial charge on any atom is 0.325 e. The predicted octanol–water partition coefficient (Wildman–Crippen LogP) is 1.02. The molecule has 1 aliphatic rings. The van der Waals surface area contributed by atoms with Gasteiger partial charge in [0.25, 0.3) is 5.56 Å². The van der Waals surface area contributed by atoms with Crippen molar-refractivity contribution in [2.45, 2.75) is 38.6 Å². The number of ether oxygens (including phenoxy) is 1. The van der Waals surface area contributed by atoms with Crippen LogP contribution in [0.1, 0.15) is 29.7 Å². The Morgan fingerprint density at radius 3 is 2.96 bits per heavy atom. The number of hydrogen-bond acceptors (Lipinski definition) is 6. The molecule has 24 heavy (non-hydrogen) atoms. The minimum absolute atomic E-state index is 0.0832. The minimum Gasteiger partial charge on any atom is -0.468 e. The van der Waals surface area contributed by atoms with E-state index >= 15 is 0 Å². The number of carbonyl (C=O) groups is 2. The number of methoxy groups -OCH3 is 1. The number of nitrogens with zero attached hydrogens (tertiary/aromatic N) is 2. The van der Waals surface area contributed by atoms with E-state index in [1.165, 1.54) is 22.9 Å². The van der Waals surface area contributed by atoms with Gasteiger partial charge >= 0.3 is 5.97 Å². The van der Waals surface area contributed by atoms with Gasteiger partial charge in [0.15, 0.2) is 0 Å². The Balaban J connectivity index is 1.74. The summed E-state index contributed by atoms with van der Waals surface area (Å²) >= 11 is 1.61. The van der Waals surface area contributed by atoms with Gasteiger partial charge in [-0.3, -0.25) is 19.0 Å². The van der Waals surface area contributed by atoms with E-state index in [1.807, 2.05) is 0 Å². The second-order valence-electron chi connectivity index (χ2n) is 5.74. The third kappa shape index (κ3) is 3.33. The van der Waals surface area contributed by atoms with Crippen molar-refractivity contribution in [3.8, 4) is 0 Å². The van der Waals surface area contributed by atoms with Gasteiger partial charge in [-0.15, -0.1) is 11.3 Å². The first kappa shape index (κ1) is 16.6. The molecule has 1 amide bonds. The van der Waals surface area contributed by atoms with Gasteiger partial charge in [0, 0.05) is 17.8 Å². The maximum atomic E-state index is 12.7. The maximum absolute atomic E-state index is 12.7. The van der Waals surface area contributed by atoms with Crippen LogP contribution >= 0.6 is 11.3 Å². The molecular weight excluding hydrogens is 330 g/mol. The van der Waals surface area contributed by atoms with E-state index in [4.69, 9.17) is 0 Å². The number of aryl methyl sites for hydroxylation is 3. The lowest BCUT2D eigenvalue weighted by Gasteiger charge is -2.10. The quantitative estimate of drug-likeness (QED) is 0.814. The van der Waals surface area contributed by atoms with Crippen molar-refractivity contribution >= 4 is 33.4 Å². The fourth-order valence-electron chi connectivity index (χ4n) is 2.89. The lowest BCUT2D eigenvalue weighted by atomic mass is 9.97. The second-order valence-corrected chi connectivity index (χ2v) is 6.82. The fourth-order valence-corrected chi connectivity index (χ4v) is 4.11. The summed E-state index contributed by atoms with van der Waals surface area (Å²) < 4.78 is 5.93. The first-order chi connectivity index (χ1) is 11.6. The number of rotatable bonds is 5. The van der Waals surface area contributed by atoms with Crippen LogP contribution in [-0.2, 0) is 33.7 Å². The number of hydrogen-bond donors (Lipinski definition) is 1. The van der Waals surface area contributed by atoms with E-state index in [2.05, 4.69) is 15.0 Å². The van der Waals surface area contributed by atoms with Crippen molar-refractivity contribution in [2.24, 2.45) is 0 Å². The lowest BCUT2D eigenvalue weighted by molar-refractivity contribution is -0.141. The molecule has 0 radical (unpaired) electrons. The summed E-state index contributed by atoms with van der Waals surface area (Å²) in [6, 6.07) is 0. The molecule has 0 saturated heterocycles. The number of fused-ring (bicyclic) bond motifs is 3. The molecule has 1 aliphatic carbocycles. The standard InChI is InChI=1S/C16H19N3O4S/c1-23-13(21)8-17-12(20)6-7-19-9-18-15-14(16(19)22)10-4-2-3-5-11(10)24-15/h9H,2-8H2,1H3,(H,17,20). The van der Waals surface area contributed by atoms with Crippen molar-refractivity contribution in [3.63, 3.8) is 0 Å². The second kappa shape index (κ2) is 7.12. The third-order valence-corrected chi connectivity index (χ3v) is 5.38. The average molecular weight is 349 g/mol. The van der Waals surface area contributed by atoms with Crippen molar-refractivity contribution < 1.29 is 14.3 Å². The van der Waals surface area contributed by atoms with Crippen LogP contribution in [-0.4, -0.2) is 35.1 Å². The molecule has 0 atom stereocenters. The third-order valence-electron chi connectivity index (χ3n) is 4.18. The highest BCUT2D eigenvalue weighted by Gasteiger charge is 2.20. The van der Waals surface area contributed by atoms with Crippen molar-refractivity contribution in [3.05, 3.63) is 27.1 Å². The van der Waals surface area contributed by atoms with Gasteiger partial charge < -0.3 is 10.1 Å². The summed E-state index contributed by atoms with van der Waals surface area (Å²) in [7, 11) is 1.26. The molecule has 3 rings (SSSR count). The molecule has 0 saturated carbocycles. The van der Waals surface area contributed by atoms with Crippen LogP contribution in [0.5, 0.6) is 0 Å². The molecule has 0 fully saturated rings. The molecule has 2 heterocycles. The van der Waals surface area contributed by atoms with Crippen LogP contribution in [0.3, 0.4) is 0 Å². The number of nitrogens with one attached hydrogen (secondary N) is 1. The van der Waals surface area contributed by atoms with E-state index in [1.54, 1.807) is 11.3 Å². The van der Waals surface area contributed by atoms with Gasteiger partial charge in [0.05, 0.1) is 18.8 Å². The summed E-state index contributed by atoms with van der Waals surface area (Å²) in [6.07, 6.45) is 5.82. The molecule has 7 nitrogen and oxygen atoms in total. The van der Waals surface area contributed by atoms with Crippen molar-refractivity contribution in [1.82, 2.24) is 14.9 Å². The zero-order chi connectivity index (χ0) is 17.1. The number of carbonyl (C=O) groups excluding carboxylic acids is 2. The molecule has 0 bridgehead atoms. The van der Waals surface area contributed by atoms with Crippen LogP contribution in [0, 0.1) is 0 Å². The Hall–Kier alpha value is -2.22. The average Bonchev–Trinajstić information content (AvgIpc) is 2.98. The molecular formula is C16H19N3O4S. The topological polar surface area (TPSA) is 90.3 Å². The molecule has 1 N–H and O–H groups in total. The SMILES string of the molecule is COC(=O)CNC(=O)CCn1cnc2sc3c(c2c1=O)CCCC3. The van der Waals surface area contributed by atoms with Gasteiger partial charge in [0.1, 0.15) is 11.4 Å². The number of thiophene rings is 1. The first-order valence-electron chi connectivity index (χ1n) is 7.93. The molecule has 128 valence electrons. The smallest absolute Gasteiger partial charge is 0.325 e. The van der Waals surface area contributed by atoms with Gasteiger partial charge in [-0.1, -0.05) is 0 Å². The van der Waals surface area contributed by atoms with Gasteiger partial charge in [0.2, 0.25) is 5.91 Å². The molecule has 0 spiro atoms. The molecule has 0 aromatic carbocycles. The molecule has 2 aromatic heterocycles. The van der Waals surface area contributed by atoms with E-state index in [9.17, 15) is 14.4 Å². The van der Waals surface area contributed by atoms with E-state index in [0.717, 1.165) is 36.1 Å². The highest BCUT2D eigenvalue weighted by atomic mass is 32.1. The summed E-state index contributed by atoms with van der Waals surface area (Å²) in [6.45, 7) is 0.0684. The monoisotopic (exact) mass is 349 g/mol. The Bertz CT molecular complexity index is 840. The zero-order valence-electron chi connectivity index (χ0n) is 13.5. The normalized spacial score (nSPS) is 13.5. The highest BCUT2D eigenvalue weighted by Crippen LogP contribution is 2.33. The highest BCUT2D eigenvalue weighted by molar-refractivity contribution is 7.18. The van der Waals surface area contributed by atoms with E-state index in [-0.39, 0.29) is 31.0 Å². The van der Waals surface area contributed by atoms with Gasteiger partial charge in [-0.05, 0) is 31.2 Å². The van der Waals surface area contributed by atoms with Crippen LogP contribution in [0.2, 0.25) is 0 Å². The first-order valence-corrected chi connectivity index (χ1v) is 8.75. The fraction of sp³-hybridized carbons (Fsp3) is 0.500. The number of amides is 1. The minimum atomic E-state index is -0.506. The number of esters is 1. The molecule has 2 aromatic rings. The summed E-state index contributed by atoms with van der Waals surface area (Å²) in [4.78, 5) is 41.9. The van der Waals surface area contributed by atoms with E-state index in [0.29, 0.717) is 5.39 Å². The van der Waals surface area contributed by atoms with Gasteiger partial charge in [-0.25, -0.2) is 4.98 Å². The number of aromatic nitrogens is 2. The van der Waals surface area contributed by atoms with Crippen LogP contribution in [0.25, 0.3) is 10.2 Å². The Kier molecular flexibility index (Phi) is 4.94. The Morgan fingerprint density at radius 1 is 1.38 bits per heavy atom. The summed E-state index contributed by atoms with van der Waals surface area (Å²) in [5, 5.41) is 3.17. The Labute approximate surface area is 142 Å². The van der Waals surface area contributed by atoms with Crippen LogP contribution < -0.4 is 10.9 Å². The Morgan fingerprint density at radius 2 is 2.17 bits per heavy atom. The van der Waals surface area contributed by atoms with Crippen LogP contribution in [0.15, 0.2) is 11.1 Å². The molecule has 0 aliphatic heterocycles. The van der Waals surface area contributed by atoms with Gasteiger partial charge in [-0.2, -0.15) is 0 Å². The van der Waals surface area contributed by atoms with Crippen LogP contribution in [0.4, 0.5) is 0 Å². The van der Waals surface area contributed by atoms with E-state index < -0.39 is 5.97 Å². The van der Waals surface area contributed by atoms with Crippen molar-refractivity contribution in [1.29, 1.82) is 0 Å². The molecule has 0 unspecified atom stereocenters.